The van der Waals surface area contributed by atoms with Crippen LogP contribution in [0.15, 0.2) is 109 Å². The van der Waals surface area contributed by atoms with Crippen LogP contribution in [0, 0.1) is 0 Å². The summed E-state index contributed by atoms with van der Waals surface area (Å²) in [6.45, 7) is 0. The van der Waals surface area contributed by atoms with Crippen molar-refractivity contribution < 1.29 is 0 Å². The number of benzene rings is 5. The molecule has 26 heavy (non-hydrogen) atoms. The first kappa shape index (κ1) is 14.9. The van der Waals surface area contributed by atoms with Crippen LogP contribution in [0.1, 0.15) is 0 Å². The van der Waals surface area contributed by atoms with Crippen LogP contribution in [0.4, 0.5) is 0 Å². The first-order valence-electron chi connectivity index (χ1n) is 8.96. The minimum absolute atomic E-state index is 1.26. The van der Waals surface area contributed by atoms with E-state index in [0.29, 0.717) is 0 Å². The topological polar surface area (TPSA) is 0 Å². The molecule has 5 rings (SSSR count). The highest BCUT2D eigenvalue weighted by Gasteiger charge is 2.05. The van der Waals surface area contributed by atoms with Crippen molar-refractivity contribution in [3.8, 4) is 22.3 Å². The Morgan fingerprint density at radius 3 is 1.54 bits per heavy atom. The van der Waals surface area contributed by atoms with Gasteiger partial charge in [-0.05, 0) is 55.9 Å². The average Bonchev–Trinajstić information content (AvgIpc) is 2.74. The monoisotopic (exact) mass is 330 g/mol. The van der Waals surface area contributed by atoms with E-state index in [1.807, 2.05) is 0 Å². The van der Waals surface area contributed by atoms with Gasteiger partial charge in [-0.2, -0.15) is 0 Å². The molecule has 0 fully saturated rings. The van der Waals surface area contributed by atoms with Crippen LogP contribution in [0.5, 0.6) is 0 Å². The smallest absolute Gasteiger partial charge is 0.00992 e. The lowest BCUT2D eigenvalue weighted by atomic mass is 9.95. The van der Waals surface area contributed by atoms with Gasteiger partial charge in [0.2, 0.25) is 0 Å². The van der Waals surface area contributed by atoms with Crippen LogP contribution in [0.3, 0.4) is 0 Å². The Morgan fingerprint density at radius 2 is 0.846 bits per heavy atom. The fourth-order valence-electron chi connectivity index (χ4n) is 3.68. The van der Waals surface area contributed by atoms with Crippen LogP contribution in [-0.2, 0) is 0 Å². The van der Waals surface area contributed by atoms with Crippen LogP contribution in [0.2, 0.25) is 0 Å². The summed E-state index contributed by atoms with van der Waals surface area (Å²) in [5, 5.41) is 5.18. The normalized spacial score (nSPS) is 11.1. The third-order valence-electron chi connectivity index (χ3n) is 5.05. The van der Waals surface area contributed by atoms with E-state index < -0.39 is 0 Å². The molecule has 0 amide bonds. The van der Waals surface area contributed by atoms with Gasteiger partial charge in [-0.1, -0.05) is 97.1 Å². The second kappa shape index (κ2) is 6.16. The van der Waals surface area contributed by atoms with Gasteiger partial charge in [-0.3, -0.25) is 0 Å². The first-order valence-corrected chi connectivity index (χ1v) is 8.96. The van der Waals surface area contributed by atoms with Crippen molar-refractivity contribution >= 4 is 21.5 Å². The second-order valence-electron chi connectivity index (χ2n) is 6.67. The Kier molecular flexibility index (Phi) is 3.54. The highest BCUT2D eigenvalue weighted by atomic mass is 14.1. The minimum Gasteiger partial charge on any atom is -0.0622 e. The van der Waals surface area contributed by atoms with Crippen molar-refractivity contribution in [1.82, 2.24) is 0 Å². The number of fused-ring (bicyclic) bond motifs is 3. The molecule has 0 aliphatic rings. The summed E-state index contributed by atoms with van der Waals surface area (Å²) in [7, 11) is 0. The van der Waals surface area contributed by atoms with Crippen molar-refractivity contribution in [2.45, 2.75) is 0 Å². The van der Waals surface area contributed by atoms with E-state index in [-0.39, 0.29) is 0 Å². The molecule has 0 saturated carbocycles. The molecule has 0 atom stereocenters. The van der Waals surface area contributed by atoms with Crippen LogP contribution < -0.4 is 0 Å². The zero-order valence-electron chi connectivity index (χ0n) is 14.4. The molecule has 0 spiro atoms. The molecule has 0 unspecified atom stereocenters. The van der Waals surface area contributed by atoms with E-state index in [4.69, 9.17) is 0 Å². The van der Waals surface area contributed by atoms with Crippen molar-refractivity contribution in [3.63, 3.8) is 0 Å². The minimum atomic E-state index is 1.26. The third-order valence-corrected chi connectivity index (χ3v) is 5.05. The lowest BCUT2D eigenvalue weighted by Gasteiger charge is -2.09. The van der Waals surface area contributed by atoms with Crippen molar-refractivity contribution in [2.75, 3.05) is 0 Å². The molecule has 122 valence electrons. The van der Waals surface area contributed by atoms with Gasteiger partial charge in [0.05, 0.1) is 0 Å². The summed E-state index contributed by atoms with van der Waals surface area (Å²) in [5.41, 5.74) is 5.04. The summed E-state index contributed by atoms with van der Waals surface area (Å²) in [4.78, 5) is 0. The van der Waals surface area contributed by atoms with Gasteiger partial charge in [-0.25, -0.2) is 0 Å². The lowest BCUT2D eigenvalue weighted by molar-refractivity contribution is 1.64. The molecular weight excluding hydrogens is 312 g/mol. The van der Waals surface area contributed by atoms with E-state index in [9.17, 15) is 0 Å². The molecule has 0 saturated heterocycles. The van der Waals surface area contributed by atoms with Gasteiger partial charge < -0.3 is 0 Å². The maximum absolute atomic E-state index is 2.31. The maximum Gasteiger partial charge on any atom is -0.00992 e. The molecule has 0 radical (unpaired) electrons. The highest BCUT2D eigenvalue weighted by molar-refractivity contribution is 6.09. The molecule has 5 aromatic rings. The Balaban J connectivity index is 1.71. The fraction of sp³-hybridized carbons (Fsp3) is 0. The Morgan fingerprint density at radius 1 is 0.308 bits per heavy atom. The molecular formula is C26H18. The predicted octanol–water partition coefficient (Wildman–Crippen LogP) is 7.33. The second-order valence-corrected chi connectivity index (χ2v) is 6.67. The highest BCUT2D eigenvalue weighted by Crippen LogP contribution is 2.32. The molecule has 0 heterocycles. The molecule has 5 aromatic carbocycles. The van der Waals surface area contributed by atoms with Crippen LogP contribution in [-0.4, -0.2) is 0 Å². The van der Waals surface area contributed by atoms with Gasteiger partial charge in [0, 0.05) is 0 Å². The largest absolute Gasteiger partial charge is 0.0622 e. The Bertz CT molecular complexity index is 1200. The van der Waals surface area contributed by atoms with Gasteiger partial charge in [0.15, 0.2) is 0 Å². The van der Waals surface area contributed by atoms with Crippen LogP contribution in [0.25, 0.3) is 43.8 Å². The average molecular weight is 330 g/mol. The summed E-state index contributed by atoms with van der Waals surface area (Å²) >= 11 is 0. The molecule has 0 aliphatic heterocycles. The van der Waals surface area contributed by atoms with Gasteiger partial charge >= 0.3 is 0 Å². The predicted molar refractivity (Wildman–Crippen MR) is 112 cm³/mol. The van der Waals surface area contributed by atoms with Gasteiger partial charge in [0.1, 0.15) is 0 Å². The van der Waals surface area contributed by atoms with Crippen molar-refractivity contribution in [2.24, 2.45) is 0 Å². The Labute approximate surface area is 153 Å². The molecule has 0 aromatic heterocycles. The molecule has 0 aliphatic carbocycles. The van der Waals surface area contributed by atoms with E-state index in [2.05, 4.69) is 109 Å². The maximum atomic E-state index is 2.31. The van der Waals surface area contributed by atoms with E-state index >= 15 is 0 Å². The fourth-order valence-corrected chi connectivity index (χ4v) is 3.68. The lowest BCUT2D eigenvalue weighted by Crippen LogP contribution is -1.83. The Hall–Kier alpha value is -3.38. The quantitative estimate of drug-likeness (QED) is 0.297. The zero-order chi connectivity index (χ0) is 17.3. The van der Waals surface area contributed by atoms with Crippen molar-refractivity contribution in [3.05, 3.63) is 109 Å². The van der Waals surface area contributed by atoms with Gasteiger partial charge in [0.25, 0.3) is 0 Å². The van der Waals surface area contributed by atoms with Crippen LogP contribution >= 0.6 is 0 Å². The molecule has 0 heteroatoms. The number of rotatable bonds is 2. The van der Waals surface area contributed by atoms with Crippen molar-refractivity contribution in [1.29, 1.82) is 0 Å². The molecule has 0 nitrogen and oxygen atoms in total. The number of hydrogen-bond donors (Lipinski definition) is 0. The summed E-state index contributed by atoms with van der Waals surface area (Å²) in [6, 6.07) is 39.1. The SMILES string of the molecule is c1ccc(-c2ccc3c(ccc4ccc(-c5ccccc5)cc43)c2)cc1. The third kappa shape index (κ3) is 2.57. The van der Waals surface area contributed by atoms with E-state index in [1.165, 1.54) is 43.8 Å². The zero-order valence-corrected chi connectivity index (χ0v) is 14.4. The standard InChI is InChI=1S/C26H18/c1-3-7-19(8-4-1)22-15-16-25-24(17-22)14-12-21-11-13-23(18-26(21)25)20-9-5-2-6-10-20/h1-18H. The number of hydrogen-bond acceptors (Lipinski definition) is 0. The molecule has 0 bridgehead atoms. The van der Waals surface area contributed by atoms with E-state index in [1.54, 1.807) is 0 Å². The van der Waals surface area contributed by atoms with E-state index in [0.717, 1.165) is 0 Å². The summed E-state index contributed by atoms with van der Waals surface area (Å²) in [6.07, 6.45) is 0. The summed E-state index contributed by atoms with van der Waals surface area (Å²) < 4.78 is 0. The van der Waals surface area contributed by atoms with Gasteiger partial charge in [-0.15, -0.1) is 0 Å². The molecule has 0 N–H and O–H groups in total. The summed E-state index contributed by atoms with van der Waals surface area (Å²) in [5.74, 6) is 0. The first-order chi connectivity index (χ1) is 12.9.